The topological polar surface area (TPSA) is 68.3 Å². The quantitative estimate of drug-likeness (QED) is 0.459. The van der Waals surface area contributed by atoms with Gasteiger partial charge in [-0.1, -0.05) is 26.3 Å². The van der Waals surface area contributed by atoms with Crippen LogP contribution in [0.15, 0.2) is 22.1 Å². The van der Waals surface area contributed by atoms with Crippen LogP contribution in [0, 0.1) is 16.0 Å². The Morgan fingerprint density at radius 1 is 1.56 bits per heavy atom. The first-order valence-corrected chi connectivity index (χ1v) is 6.20. The van der Waals surface area contributed by atoms with Gasteiger partial charge in [0.05, 0.1) is 6.07 Å². The number of hydrogen-bond donors (Lipinski definition) is 1. The largest absolute Gasteiger partial charge is 0.433 e. The van der Waals surface area contributed by atoms with Crippen LogP contribution >= 0.6 is 0 Å². The van der Waals surface area contributed by atoms with Crippen molar-refractivity contribution in [2.24, 2.45) is 5.92 Å². The number of nitrogens with zero attached hydrogens (tertiary/aromatic N) is 1. The second-order valence-corrected chi connectivity index (χ2v) is 4.48. The molecule has 0 bridgehead atoms. The fourth-order valence-corrected chi connectivity index (χ4v) is 1.53. The van der Waals surface area contributed by atoms with E-state index in [1.54, 1.807) is 6.07 Å². The van der Waals surface area contributed by atoms with Crippen molar-refractivity contribution in [3.05, 3.63) is 33.6 Å². The Morgan fingerprint density at radius 3 is 2.78 bits per heavy atom. The normalized spacial score (nSPS) is 12.1. The van der Waals surface area contributed by atoms with E-state index in [-0.39, 0.29) is 5.88 Å². The summed E-state index contributed by atoms with van der Waals surface area (Å²) in [6.45, 7) is 8.04. The van der Waals surface area contributed by atoms with Gasteiger partial charge in [-0.2, -0.15) is 0 Å². The molecule has 0 spiro atoms. The zero-order chi connectivity index (χ0) is 13.5. The van der Waals surface area contributed by atoms with Gasteiger partial charge in [-0.15, -0.1) is 0 Å². The lowest BCUT2D eigenvalue weighted by molar-refractivity contribution is -0.402. The number of furan rings is 1. The van der Waals surface area contributed by atoms with Crippen molar-refractivity contribution in [2.45, 2.75) is 27.2 Å². The van der Waals surface area contributed by atoms with Crippen molar-refractivity contribution in [2.75, 3.05) is 13.1 Å². The Morgan fingerprint density at radius 2 is 2.28 bits per heavy atom. The van der Waals surface area contributed by atoms with Gasteiger partial charge in [0.1, 0.15) is 10.7 Å². The van der Waals surface area contributed by atoms with Gasteiger partial charge in [0.15, 0.2) is 0 Å². The van der Waals surface area contributed by atoms with Gasteiger partial charge in [0, 0.05) is 6.54 Å². The van der Waals surface area contributed by atoms with Gasteiger partial charge in [-0.25, -0.2) is 0 Å². The summed E-state index contributed by atoms with van der Waals surface area (Å²) < 4.78 is 5.13. The predicted octanol–water partition coefficient (Wildman–Crippen LogP) is 3.23. The monoisotopic (exact) mass is 252 g/mol. The van der Waals surface area contributed by atoms with E-state index in [0.717, 1.165) is 19.5 Å². The molecule has 0 atom stereocenters. The fraction of sp³-hybridized carbons (Fsp3) is 0.538. The Hall–Kier alpha value is -1.62. The molecule has 0 radical (unpaired) electrons. The molecule has 0 amide bonds. The Balaban J connectivity index is 2.76. The van der Waals surface area contributed by atoms with Gasteiger partial charge >= 0.3 is 5.88 Å². The van der Waals surface area contributed by atoms with Crippen molar-refractivity contribution < 1.29 is 9.34 Å². The smallest absolute Gasteiger partial charge is 0.401 e. The molecule has 0 aliphatic heterocycles. The predicted molar refractivity (Wildman–Crippen MR) is 71.3 cm³/mol. The first kappa shape index (κ1) is 14.4. The number of hydrogen-bond acceptors (Lipinski definition) is 4. The third-order valence-electron chi connectivity index (χ3n) is 2.62. The molecule has 0 fully saturated rings. The standard InChI is InChI=1S/C13H20N2O3/c1-4-7-14-9-11(10(2)3)8-12-5-6-13(18-12)15(16)17/h5-6,8,10,14H,4,7,9H2,1-3H3. The zero-order valence-electron chi connectivity index (χ0n) is 11.1. The average molecular weight is 252 g/mol. The molecule has 1 aromatic heterocycles. The van der Waals surface area contributed by atoms with E-state index in [1.165, 1.54) is 11.6 Å². The van der Waals surface area contributed by atoms with E-state index in [2.05, 4.69) is 26.1 Å². The second kappa shape index (κ2) is 6.96. The van der Waals surface area contributed by atoms with Crippen LogP contribution in [0.25, 0.3) is 6.08 Å². The lowest BCUT2D eigenvalue weighted by atomic mass is 10.0. The van der Waals surface area contributed by atoms with E-state index in [0.29, 0.717) is 11.7 Å². The third-order valence-corrected chi connectivity index (χ3v) is 2.62. The summed E-state index contributed by atoms with van der Waals surface area (Å²) in [6, 6.07) is 3.00. The first-order valence-electron chi connectivity index (χ1n) is 6.20. The van der Waals surface area contributed by atoms with E-state index in [4.69, 9.17) is 4.42 Å². The Bertz CT molecular complexity index is 422. The Labute approximate surface area is 107 Å². The van der Waals surface area contributed by atoms with E-state index < -0.39 is 4.92 Å². The molecular formula is C13H20N2O3. The summed E-state index contributed by atoms with van der Waals surface area (Å²) >= 11 is 0. The number of nitrogens with one attached hydrogen (secondary N) is 1. The summed E-state index contributed by atoms with van der Waals surface area (Å²) in [5.41, 5.74) is 1.17. The molecule has 5 nitrogen and oxygen atoms in total. The molecule has 18 heavy (non-hydrogen) atoms. The maximum absolute atomic E-state index is 10.5. The van der Waals surface area contributed by atoms with Gasteiger partial charge in [-0.3, -0.25) is 10.1 Å². The first-order chi connectivity index (χ1) is 8.54. The summed E-state index contributed by atoms with van der Waals surface area (Å²) in [4.78, 5) is 10.00. The average Bonchev–Trinajstić information content (AvgIpc) is 2.76. The molecule has 0 aliphatic rings. The molecule has 1 aromatic rings. The van der Waals surface area contributed by atoms with Gasteiger partial charge < -0.3 is 9.73 Å². The minimum absolute atomic E-state index is 0.217. The van der Waals surface area contributed by atoms with E-state index in [1.807, 2.05) is 6.08 Å². The summed E-state index contributed by atoms with van der Waals surface area (Å²) in [5.74, 6) is 0.688. The molecule has 5 heteroatoms. The fourth-order valence-electron chi connectivity index (χ4n) is 1.53. The molecule has 0 saturated heterocycles. The zero-order valence-corrected chi connectivity index (χ0v) is 11.1. The van der Waals surface area contributed by atoms with Crippen LogP contribution in [0.3, 0.4) is 0 Å². The van der Waals surface area contributed by atoms with Gasteiger partial charge in [0.25, 0.3) is 0 Å². The highest BCUT2D eigenvalue weighted by Gasteiger charge is 2.11. The maximum atomic E-state index is 10.5. The summed E-state index contributed by atoms with van der Waals surface area (Å²) in [7, 11) is 0. The van der Waals surface area contributed by atoms with Crippen LogP contribution in [0.1, 0.15) is 33.0 Å². The number of rotatable bonds is 7. The minimum Gasteiger partial charge on any atom is -0.401 e. The highest BCUT2D eigenvalue weighted by molar-refractivity contribution is 5.49. The molecule has 0 aromatic carbocycles. The molecule has 1 heterocycles. The summed E-state index contributed by atoms with van der Waals surface area (Å²) in [6.07, 6.45) is 2.96. The van der Waals surface area contributed by atoms with Crippen LogP contribution in [-0.4, -0.2) is 18.0 Å². The lowest BCUT2D eigenvalue weighted by Crippen LogP contribution is -2.19. The highest BCUT2D eigenvalue weighted by atomic mass is 16.6. The molecule has 1 rings (SSSR count). The SMILES string of the molecule is CCCNCC(=Cc1ccc([N+](=O)[O-])o1)C(C)C. The minimum atomic E-state index is -0.526. The molecule has 1 N–H and O–H groups in total. The van der Waals surface area contributed by atoms with Crippen LogP contribution in [0.5, 0.6) is 0 Å². The highest BCUT2D eigenvalue weighted by Crippen LogP contribution is 2.20. The van der Waals surface area contributed by atoms with Crippen molar-refractivity contribution >= 4 is 12.0 Å². The summed E-state index contributed by atoms with van der Waals surface area (Å²) in [5, 5.41) is 13.8. The molecule has 0 saturated carbocycles. The number of nitro groups is 1. The van der Waals surface area contributed by atoms with Crippen molar-refractivity contribution in [1.82, 2.24) is 5.32 Å². The molecule has 0 unspecified atom stereocenters. The van der Waals surface area contributed by atoms with Crippen molar-refractivity contribution in [1.29, 1.82) is 0 Å². The maximum Gasteiger partial charge on any atom is 0.433 e. The van der Waals surface area contributed by atoms with Crippen LogP contribution < -0.4 is 5.32 Å². The van der Waals surface area contributed by atoms with Crippen LogP contribution in [0.4, 0.5) is 5.88 Å². The van der Waals surface area contributed by atoms with E-state index >= 15 is 0 Å². The molecule has 0 aliphatic carbocycles. The van der Waals surface area contributed by atoms with Crippen molar-refractivity contribution in [3.8, 4) is 0 Å². The van der Waals surface area contributed by atoms with Gasteiger partial charge in [0.2, 0.25) is 0 Å². The van der Waals surface area contributed by atoms with Gasteiger partial charge in [-0.05, 0) is 31.0 Å². The lowest BCUT2D eigenvalue weighted by Gasteiger charge is -2.11. The van der Waals surface area contributed by atoms with E-state index in [9.17, 15) is 10.1 Å². The third kappa shape index (κ3) is 4.33. The van der Waals surface area contributed by atoms with Crippen LogP contribution in [-0.2, 0) is 0 Å². The molecular weight excluding hydrogens is 232 g/mol. The van der Waals surface area contributed by atoms with Crippen LogP contribution in [0.2, 0.25) is 0 Å². The Kier molecular flexibility index (Phi) is 5.58. The molecule has 100 valence electrons. The van der Waals surface area contributed by atoms with Crippen molar-refractivity contribution in [3.63, 3.8) is 0 Å². The second-order valence-electron chi connectivity index (χ2n) is 4.48.